The van der Waals surface area contributed by atoms with E-state index in [0.29, 0.717) is 24.3 Å². The second-order valence-electron chi connectivity index (χ2n) is 3.06. The van der Waals surface area contributed by atoms with Crippen molar-refractivity contribution < 1.29 is 0 Å². The fraction of sp³-hybridized carbons (Fsp3) is 0.444. The lowest BCUT2D eigenvalue weighted by Gasteiger charge is -2.16. The molecule has 1 rings (SSSR count). The van der Waals surface area contributed by atoms with Crippen molar-refractivity contribution in [3.63, 3.8) is 0 Å². The Hall–Kier alpha value is -1.61. The number of hydrogen-bond donors (Lipinski definition) is 1. The van der Waals surface area contributed by atoms with Gasteiger partial charge in [0, 0.05) is 20.1 Å². The molecule has 0 unspecified atom stereocenters. The van der Waals surface area contributed by atoms with Crippen molar-refractivity contribution in [1.82, 2.24) is 14.8 Å². The number of anilines is 1. The highest BCUT2D eigenvalue weighted by Gasteiger charge is 2.09. The Balaban J connectivity index is 2.88. The van der Waals surface area contributed by atoms with Crippen LogP contribution in [0.15, 0.2) is 12.7 Å². The molecule has 0 saturated heterocycles. The van der Waals surface area contributed by atoms with Crippen LogP contribution in [0.4, 0.5) is 5.95 Å². The van der Waals surface area contributed by atoms with Crippen LogP contribution in [-0.4, -0.2) is 28.4 Å². The number of nitrogens with one attached hydrogen (secondary N) is 1. The van der Waals surface area contributed by atoms with Crippen molar-refractivity contribution in [1.29, 1.82) is 5.26 Å². The summed E-state index contributed by atoms with van der Waals surface area (Å²) in [6.45, 7) is 4.90. The van der Waals surface area contributed by atoms with Crippen molar-refractivity contribution >= 4 is 18.2 Å². The van der Waals surface area contributed by atoms with Crippen molar-refractivity contribution in [2.24, 2.45) is 0 Å². The van der Waals surface area contributed by atoms with E-state index in [1.165, 1.54) is 0 Å². The third kappa shape index (κ3) is 2.67. The molecule has 0 fully saturated rings. The lowest BCUT2D eigenvalue weighted by Crippen LogP contribution is -2.22. The van der Waals surface area contributed by atoms with Gasteiger partial charge in [-0.05, 0) is 12.2 Å². The summed E-state index contributed by atoms with van der Waals surface area (Å²) in [6.07, 6.45) is 2.22. The van der Waals surface area contributed by atoms with Gasteiger partial charge in [0.15, 0.2) is 4.77 Å². The Morgan fingerprint density at radius 1 is 1.80 bits per heavy atom. The number of nitriles is 1. The van der Waals surface area contributed by atoms with E-state index in [9.17, 15) is 0 Å². The van der Waals surface area contributed by atoms with E-state index in [1.807, 2.05) is 16.5 Å². The summed E-state index contributed by atoms with van der Waals surface area (Å²) in [5.74, 6) is 0.732. The Labute approximate surface area is 93.6 Å². The smallest absolute Gasteiger partial charge is 0.225 e. The summed E-state index contributed by atoms with van der Waals surface area (Å²) in [5, 5.41) is 15.3. The van der Waals surface area contributed by atoms with Crippen LogP contribution in [0.1, 0.15) is 6.42 Å². The van der Waals surface area contributed by atoms with Crippen molar-refractivity contribution in [3.8, 4) is 6.07 Å². The Bertz CT molecular complexity index is 424. The van der Waals surface area contributed by atoms with Crippen LogP contribution in [-0.2, 0) is 6.54 Å². The highest BCUT2D eigenvalue weighted by Crippen LogP contribution is 2.09. The number of nitrogens with zero attached hydrogens (tertiary/aromatic N) is 4. The maximum absolute atomic E-state index is 8.49. The van der Waals surface area contributed by atoms with Gasteiger partial charge in [-0.2, -0.15) is 5.26 Å². The number of allylic oxidation sites excluding steroid dienone is 1. The zero-order valence-corrected chi connectivity index (χ0v) is 9.42. The van der Waals surface area contributed by atoms with Crippen molar-refractivity contribution in [3.05, 3.63) is 17.4 Å². The first kappa shape index (κ1) is 11.5. The molecule has 1 heterocycles. The number of aromatic amines is 1. The molecule has 0 aliphatic rings. The first-order valence-electron chi connectivity index (χ1n) is 4.55. The zero-order chi connectivity index (χ0) is 11.3. The number of H-pyrrole nitrogens is 1. The van der Waals surface area contributed by atoms with Crippen LogP contribution in [0.5, 0.6) is 0 Å². The summed E-state index contributed by atoms with van der Waals surface area (Å²) in [4.78, 5) is 1.89. The summed E-state index contributed by atoms with van der Waals surface area (Å²) in [7, 11) is 1.88. The molecule has 0 saturated carbocycles. The van der Waals surface area contributed by atoms with Crippen LogP contribution < -0.4 is 4.90 Å². The summed E-state index contributed by atoms with van der Waals surface area (Å²) in [5.41, 5.74) is 0. The molecule has 0 aromatic carbocycles. The van der Waals surface area contributed by atoms with Crippen LogP contribution in [0.3, 0.4) is 0 Å². The molecule has 0 atom stereocenters. The van der Waals surface area contributed by atoms with Crippen LogP contribution in [0.2, 0.25) is 0 Å². The summed E-state index contributed by atoms with van der Waals surface area (Å²) < 4.78 is 2.40. The number of hydrogen-bond acceptors (Lipinski definition) is 4. The van der Waals surface area contributed by atoms with Gasteiger partial charge in [-0.1, -0.05) is 6.08 Å². The van der Waals surface area contributed by atoms with Gasteiger partial charge in [-0.15, -0.1) is 11.7 Å². The van der Waals surface area contributed by atoms with E-state index in [-0.39, 0.29) is 0 Å². The summed E-state index contributed by atoms with van der Waals surface area (Å²) >= 11 is 5.08. The van der Waals surface area contributed by atoms with Gasteiger partial charge in [0.05, 0.1) is 12.5 Å². The molecule has 0 amide bonds. The van der Waals surface area contributed by atoms with E-state index in [0.717, 1.165) is 5.95 Å². The minimum atomic E-state index is 0.463. The molecule has 6 heteroatoms. The Morgan fingerprint density at radius 3 is 3.13 bits per heavy atom. The first-order valence-corrected chi connectivity index (χ1v) is 4.95. The molecule has 1 N–H and O–H groups in total. The van der Waals surface area contributed by atoms with Gasteiger partial charge in [0.2, 0.25) is 5.95 Å². The first-order chi connectivity index (χ1) is 7.20. The molecule has 0 bridgehead atoms. The van der Waals surface area contributed by atoms with Gasteiger partial charge in [0.25, 0.3) is 0 Å². The lowest BCUT2D eigenvalue weighted by molar-refractivity contribution is 0.756. The molecule has 0 spiro atoms. The standard InChI is InChI=1S/C9H13N5S/c1-3-6-14-8(11-12-9(14)15)13(2)7-4-5-10/h3H,1,4,6-7H2,2H3,(H,12,15). The zero-order valence-electron chi connectivity index (χ0n) is 8.60. The minimum Gasteiger partial charge on any atom is -0.343 e. The average Bonchev–Trinajstić information content (AvgIpc) is 2.58. The molecular formula is C9H13N5S. The van der Waals surface area contributed by atoms with E-state index in [2.05, 4.69) is 22.8 Å². The third-order valence-electron chi connectivity index (χ3n) is 1.95. The molecule has 1 aromatic heterocycles. The third-order valence-corrected chi connectivity index (χ3v) is 2.26. The van der Waals surface area contributed by atoms with E-state index < -0.39 is 0 Å². The molecule has 0 aliphatic heterocycles. The van der Waals surface area contributed by atoms with E-state index in [1.54, 1.807) is 6.08 Å². The van der Waals surface area contributed by atoms with Gasteiger partial charge >= 0.3 is 0 Å². The largest absolute Gasteiger partial charge is 0.343 e. The predicted octanol–water partition coefficient (Wildman–Crippen LogP) is 1.48. The van der Waals surface area contributed by atoms with Gasteiger partial charge in [-0.3, -0.25) is 4.57 Å². The fourth-order valence-corrected chi connectivity index (χ4v) is 1.41. The van der Waals surface area contributed by atoms with Crippen LogP contribution >= 0.6 is 12.2 Å². The fourth-order valence-electron chi connectivity index (χ4n) is 1.21. The molecule has 1 aromatic rings. The number of rotatable bonds is 5. The van der Waals surface area contributed by atoms with Gasteiger partial charge in [-0.25, -0.2) is 5.10 Å². The molecule has 5 nitrogen and oxygen atoms in total. The van der Waals surface area contributed by atoms with E-state index >= 15 is 0 Å². The highest BCUT2D eigenvalue weighted by molar-refractivity contribution is 7.71. The van der Waals surface area contributed by atoms with E-state index in [4.69, 9.17) is 17.5 Å². The summed E-state index contributed by atoms with van der Waals surface area (Å²) in [6, 6.07) is 2.09. The molecular weight excluding hydrogens is 210 g/mol. The maximum Gasteiger partial charge on any atom is 0.225 e. The molecule has 0 radical (unpaired) electrons. The monoisotopic (exact) mass is 223 g/mol. The quantitative estimate of drug-likeness (QED) is 0.606. The SMILES string of the molecule is C=CCn1c(N(C)CCC#N)n[nH]c1=S. The van der Waals surface area contributed by atoms with Crippen LogP contribution in [0, 0.1) is 16.1 Å². The molecule has 15 heavy (non-hydrogen) atoms. The Kier molecular flexibility index (Phi) is 4.06. The van der Waals surface area contributed by atoms with Crippen molar-refractivity contribution in [2.45, 2.75) is 13.0 Å². The molecule has 0 aliphatic carbocycles. The minimum absolute atomic E-state index is 0.463. The van der Waals surface area contributed by atoms with Crippen LogP contribution in [0.25, 0.3) is 0 Å². The van der Waals surface area contributed by atoms with Gasteiger partial charge in [0.1, 0.15) is 0 Å². The molecule has 80 valence electrons. The lowest BCUT2D eigenvalue weighted by atomic mass is 10.4. The Morgan fingerprint density at radius 2 is 2.53 bits per heavy atom. The maximum atomic E-state index is 8.49. The average molecular weight is 223 g/mol. The topological polar surface area (TPSA) is 60.6 Å². The normalized spacial score (nSPS) is 9.60. The van der Waals surface area contributed by atoms with Gasteiger partial charge < -0.3 is 4.90 Å². The second-order valence-corrected chi connectivity index (χ2v) is 3.44. The number of aromatic nitrogens is 3. The predicted molar refractivity (Wildman–Crippen MR) is 61.1 cm³/mol. The second kappa shape index (κ2) is 5.32. The van der Waals surface area contributed by atoms with Crippen molar-refractivity contribution in [2.75, 3.05) is 18.5 Å². The highest BCUT2D eigenvalue weighted by atomic mass is 32.1.